The summed E-state index contributed by atoms with van der Waals surface area (Å²) >= 11 is 0. The zero-order valence-electron chi connectivity index (χ0n) is 12.9. The van der Waals surface area contributed by atoms with Crippen LogP contribution in [0, 0.1) is 25.2 Å². The summed E-state index contributed by atoms with van der Waals surface area (Å²) in [6, 6.07) is 14.6. The van der Waals surface area contributed by atoms with E-state index in [0.29, 0.717) is 11.3 Å². The molecule has 0 aromatic heterocycles. The molecule has 4 heteroatoms. The van der Waals surface area contributed by atoms with Crippen LogP contribution in [0.2, 0.25) is 0 Å². The summed E-state index contributed by atoms with van der Waals surface area (Å²) in [4.78, 5) is 12.2. The molecular weight excluding hydrogens is 276 g/mol. The Morgan fingerprint density at radius 3 is 2.27 bits per heavy atom. The molecule has 22 heavy (non-hydrogen) atoms. The van der Waals surface area contributed by atoms with Gasteiger partial charge in [-0.1, -0.05) is 18.2 Å². The topological polar surface area (TPSA) is 62.1 Å². The maximum absolute atomic E-state index is 12.2. The number of anilines is 1. The number of hydrogen-bond acceptors (Lipinski definition) is 3. The van der Waals surface area contributed by atoms with Crippen LogP contribution in [0.5, 0.6) is 5.75 Å². The van der Waals surface area contributed by atoms with Gasteiger partial charge in [-0.15, -0.1) is 0 Å². The molecule has 0 fully saturated rings. The number of benzene rings is 2. The van der Waals surface area contributed by atoms with Gasteiger partial charge in [0.25, 0.3) is 5.91 Å². The molecule has 1 atom stereocenters. The first kappa shape index (κ1) is 15.6. The third-order valence-electron chi connectivity index (χ3n) is 3.35. The molecule has 0 aliphatic rings. The first-order valence-electron chi connectivity index (χ1n) is 7.05. The van der Waals surface area contributed by atoms with Crippen LogP contribution in [0.1, 0.15) is 23.6 Å². The molecule has 0 saturated heterocycles. The van der Waals surface area contributed by atoms with Crippen molar-refractivity contribution in [1.29, 1.82) is 5.26 Å². The van der Waals surface area contributed by atoms with E-state index in [4.69, 9.17) is 10.00 Å². The predicted octanol–water partition coefficient (Wildman–Crippen LogP) is 3.58. The lowest BCUT2D eigenvalue weighted by Gasteiger charge is -2.18. The van der Waals surface area contributed by atoms with Gasteiger partial charge in [0.2, 0.25) is 0 Å². The molecule has 0 unspecified atom stereocenters. The number of hydrogen-bond donors (Lipinski definition) is 1. The van der Waals surface area contributed by atoms with Crippen LogP contribution < -0.4 is 10.1 Å². The number of nitrogens with zero attached hydrogens (tertiary/aromatic N) is 1. The average molecular weight is 294 g/mol. The van der Waals surface area contributed by atoms with Crippen LogP contribution in [-0.2, 0) is 4.79 Å². The Hall–Kier alpha value is -2.80. The molecule has 0 spiro atoms. The van der Waals surface area contributed by atoms with Crippen LogP contribution in [0.15, 0.2) is 42.5 Å². The van der Waals surface area contributed by atoms with Crippen LogP contribution >= 0.6 is 0 Å². The third-order valence-corrected chi connectivity index (χ3v) is 3.35. The molecule has 0 heterocycles. The maximum atomic E-state index is 12.2. The minimum Gasteiger partial charge on any atom is -0.480 e. The molecule has 0 aliphatic heterocycles. The second kappa shape index (κ2) is 6.77. The minimum absolute atomic E-state index is 0.229. The van der Waals surface area contributed by atoms with Gasteiger partial charge >= 0.3 is 0 Å². The second-order valence-electron chi connectivity index (χ2n) is 5.16. The predicted molar refractivity (Wildman–Crippen MR) is 85.8 cm³/mol. The summed E-state index contributed by atoms with van der Waals surface area (Å²) in [5.41, 5.74) is 3.19. The Morgan fingerprint density at radius 2 is 1.73 bits per heavy atom. The highest BCUT2D eigenvalue weighted by Crippen LogP contribution is 2.23. The standard InChI is InChI=1S/C18H18N2O2/c1-12-5-4-6-13(2)17(12)22-14(3)18(21)20-16-9-7-15(11-19)8-10-16/h4-10,14H,1-3H3,(H,20,21)/t14-/m0/s1. The van der Waals surface area contributed by atoms with Crippen molar-refractivity contribution in [2.75, 3.05) is 5.32 Å². The summed E-state index contributed by atoms with van der Waals surface area (Å²) in [5.74, 6) is 0.511. The van der Waals surface area contributed by atoms with E-state index in [1.165, 1.54) is 0 Å². The SMILES string of the molecule is Cc1cccc(C)c1O[C@@H](C)C(=O)Nc1ccc(C#N)cc1. The number of aryl methyl sites for hydroxylation is 2. The molecule has 0 saturated carbocycles. The van der Waals surface area contributed by atoms with E-state index in [9.17, 15) is 4.79 Å². The van der Waals surface area contributed by atoms with Crippen molar-refractivity contribution < 1.29 is 9.53 Å². The van der Waals surface area contributed by atoms with Crippen molar-refractivity contribution in [3.05, 3.63) is 59.2 Å². The van der Waals surface area contributed by atoms with E-state index in [2.05, 4.69) is 5.32 Å². The fourth-order valence-corrected chi connectivity index (χ4v) is 2.09. The molecular formula is C18H18N2O2. The zero-order valence-corrected chi connectivity index (χ0v) is 12.9. The maximum Gasteiger partial charge on any atom is 0.265 e. The molecule has 0 bridgehead atoms. The lowest BCUT2D eigenvalue weighted by molar-refractivity contribution is -0.122. The van der Waals surface area contributed by atoms with Crippen molar-refractivity contribution in [2.45, 2.75) is 26.9 Å². The molecule has 2 aromatic carbocycles. The van der Waals surface area contributed by atoms with Crippen molar-refractivity contribution in [3.8, 4) is 11.8 Å². The van der Waals surface area contributed by atoms with E-state index in [0.717, 1.165) is 16.9 Å². The van der Waals surface area contributed by atoms with Crippen LogP contribution in [-0.4, -0.2) is 12.0 Å². The first-order chi connectivity index (χ1) is 10.5. The number of amides is 1. The number of nitriles is 1. The molecule has 2 rings (SSSR count). The molecule has 4 nitrogen and oxygen atoms in total. The van der Waals surface area contributed by atoms with Gasteiger partial charge in [0.1, 0.15) is 5.75 Å². The Morgan fingerprint density at radius 1 is 1.14 bits per heavy atom. The van der Waals surface area contributed by atoms with Crippen LogP contribution in [0.4, 0.5) is 5.69 Å². The highest BCUT2D eigenvalue weighted by Gasteiger charge is 2.16. The number of nitrogens with one attached hydrogen (secondary N) is 1. The fraction of sp³-hybridized carbons (Fsp3) is 0.222. The lowest BCUT2D eigenvalue weighted by Crippen LogP contribution is -2.30. The lowest BCUT2D eigenvalue weighted by atomic mass is 10.1. The van der Waals surface area contributed by atoms with E-state index < -0.39 is 6.10 Å². The van der Waals surface area contributed by atoms with Gasteiger partial charge in [-0.25, -0.2) is 0 Å². The Bertz CT molecular complexity index is 695. The van der Waals surface area contributed by atoms with Crippen molar-refractivity contribution >= 4 is 11.6 Å². The molecule has 112 valence electrons. The first-order valence-corrected chi connectivity index (χ1v) is 7.05. The molecule has 1 amide bonds. The summed E-state index contributed by atoms with van der Waals surface area (Å²) < 4.78 is 5.79. The van der Waals surface area contributed by atoms with Gasteiger partial charge in [-0.3, -0.25) is 4.79 Å². The molecule has 2 aromatic rings. The largest absolute Gasteiger partial charge is 0.480 e. The Kier molecular flexibility index (Phi) is 4.80. The van der Waals surface area contributed by atoms with Crippen LogP contribution in [0.25, 0.3) is 0 Å². The summed E-state index contributed by atoms with van der Waals surface area (Å²) in [5, 5.41) is 11.5. The van der Waals surface area contributed by atoms with Crippen molar-refractivity contribution in [1.82, 2.24) is 0 Å². The Balaban J connectivity index is 2.04. The highest BCUT2D eigenvalue weighted by atomic mass is 16.5. The van der Waals surface area contributed by atoms with Crippen LogP contribution in [0.3, 0.4) is 0 Å². The summed E-state index contributed by atoms with van der Waals surface area (Å²) in [6.07, 6.45) is -0.615. The van der Waals surface area contributed by atoms with Gasteiger partial charge in [-0.2, -0.15) is 5.26 Å². The van der Waals surface area contributed by atoms with Gasteiger partial charge in [0.15, 0.2) is 6.10 Å². The minimum atomic E-state index is -0.615. The Labute approximate surface area is 130 Å². The van der Waals surface area contributed by atoms with E-state index >= 15 is 0 Å². The van der Waals surface area contributed by atoms with Gasteiger partial charge in [0.05, 0.1) is 11.6 Å². The van der Waals surface area contributed by atoms with E-state index in [1.54, 1.807) is 31.2 Å². The summed E-state index contributed by atoms with van der Waals surface area (Å²) in [7, 11) is 0. The normalized spacial score (nSPS) is 11.4. The molecule has 0 aliphatic carbocycles. The number of carbonyl (C=O) groups excluding carboxylic acids is 1. The van der Waals surface area contributed by atoms with Gasteiger partial charge < -0.3 is 10.1 Å². The molecule has 0 radical (unpaired) electrons. The third kappa shape index (κ3) is 3.64. The van der Waals surface area contributed by atoms with E-state index in [1.807, 2.05) is 38.1 Å². The highest BCUT2D eigenvalue weighted by molar-refractivity contribution is 5.94. The van der Waals surface area contributed by atoms with Crippen molar-refractivity contribution in [3.63, 3.8) is 0 Å². The van der Waals surface area contributed by atoms with E-state index in [-0.39, 0.29) is 5.91 Å². The quantitative estimate of drug-likeness (QED) is 0.937. The smallest absolute Gasteiger partial charge is 0.265 e. The zero-order chi connectivity index (χ0) is 16.1. The van der Waals surface area contributed by atoms with Gasteiger partial charge in [-0.05, 0) is 56.2 Å². The number of carbonyl (C=O) groups is 1. The number of rotatable bonds is 4. The number of ether oxygens (including phenoxy) is 1. The molecule has 1 N–H and O–H groups in total. The van der Waals surface area contributed by atoms with Crippen molar-refractivity contribution in [2.24, 2.45) is 0 Å². The van der Waals surface area contributed by atoms with Gasteiger partial charge in [0, 0.05) is 5.69 Å². The summed E-state index contributed by atoms with van der Waals surface area (Å²) in [6.45, 7) is 5.62. The monoisotopic (exact) mass is 294 g/mol. The average Bonchev–Trinajstić information content (AvgIpc) is 2.51. The number of para-hydroxylation sites is 1. The second-order valence-corrected chi connectivity index (χ2v) is 5.16. The fourth-order valence-electron chi connectivity index (χ4n) is 2.09.